The summed E-state index contributed by atoms with van der Waals surface area (Å²) in [6.45, 7) is 3.41. The molecule has 0 spiro atoms. The average Bonchev–Trinajstić information content (AvgIpc) is 2.29. The van der Waals surface area contributed by atoms with Crippen molar-refractivity contribution in [1.29, 1.82) is 5.26 Å². The number of amides is 1. The van der Waals surface area contributed by atoms with E-state index in [-0.39, 0.29) is 12.5 Å². The van der Waals surface area contributed by atoms with Gasteiger partial charge in [-0.15, -0.1) is 0 Å². The smallest absolute Gasteiger partial charge is 0.310 e. The van der Waals surface area contributed by atoms with Crippen LogP contribution < -0.4 is 5.32 Å². The zero-order valence-corrected chi connectivity index (χ0v) is 10.6. The molecule has 2 N–H and O–H groups in total. The van der Waals surface area contributed by atoms with Crippen molar-refractivity contribution in [2.75, 3.05) is 26.2 Å². The van der Waals surface area contributed by atoms with Crippen molar-refractivity contribution in [3.8, 4) is 6.07 Å². The van der Waals surface area contributed by atoms with Gasteiger partial charge in [0.2, 0.25) is 5.91 Å². The van der Waals surface area contributed by atoms with Gasteiger partial charge in [-0.25, -0.2) is 0 Å². The Bertz CT molecular complexity index is 364. The molecule has 100 valence electrons. The average molecular weight is 253 g/mol. The first kappa shape index (κ1) is 14.5. The second kappa shape index (κ2) is 6.36. The fraction of sp³-hybridized carbons (Fsp3) is 0.750. The Kier molecular flexibility index (Phi) is 5.10. The lowest BCUT2D eigenvalue weighted by Crippen LogP contribution is -2.49. The van der Waals surface area contributed by atoms with Crippen molar-refractivity contribution in [3.63, 3.8) is 0 Å². The van der Waals surface area contributed by atoms with Crippen molar-refractivity contribution in [3.05, 3.63) is 0 Å². The topological polar surface area (TPSA) is 93.4 Å². The van der Waals surface area contributed by atoms with Gasteiger partial charge < -0.3 is 10.4 Å². The van der Waals surface area contributed by atoms with Gasteiger partial charge in [-0.3, -0.25) is 14.5 Å². The third-order valence-corrected chi connectivity index (χ3v) is 3.22. The Morgan fingerprint density at radius 3 is 2.89 bits per heavy atom. The second-order valence-electron chi connectivity index (χ2n) is 4.94. The molecular weight excluding hydrogens is 234 g/mol. The Morgan fingerprint density at radius 2 is 2.28 bits per heavy atom. The molecular formula is C12H19N3O3. The highest BCUT2D eigenvalue weighted by atomic mass is 16.4. The minimum Gasteiger partial charge on any atom is -0.481 e. The summed E-state index contributed by atoms with van der Waals surface area (Å²) in [4.78, 5) is 24.6. The molecule has 0 aromatic carbocycles. The van der Waals surface area contributed by atoms with E-state index in [4.69, 9.17) is 10.4 Å². The number of nitrogens with one attached hydrogen (secondary N) is 1. The third-order valence-electron chi connectivity index (χ3n) is 3.22. The first-order valence-electron chi connectivity index (χ1n) is 6.07. The molecule has 0 aliphatic carbocycles. The summed E-state index contributed by atoms with van der Waals surface area (Å²) in [5, 5.41) is 20.1. The predicted octanol–water partition coefficient (Wildman–Crippen LogP) is 0.203. The molecule has 1 fully saturated rings. The molecule has 0 bridgehead atoms. The molecule has 0 radical (unpaired) electrons. The number of piperidine rings is 1. The Morgan fingerprint density at radius 1 is 1.56 bits per heavy atom. The molecule has 1 unspecified atom stereocenters. The van der Waals surface area contributed by atoms with Gasteiger partial charge in [0.15, 0.2) is 0 Å². The van der Waals surface area contributed by atoms with E-state index >= 15 is 0 Å². The first-order valence-corrected chi connectivity index (χ1v) is 6.07. The summed E-state index contributed by atoms with van der Waals surface area (Å²) in [7, 11) is 0. The Labute approximate surface area is 107 Å². The summed E-state index contributed by atoms with van der Waals surface area (Å²) in [6.07, 6.45) is 1.72. The lowest BCUT2D eigenvalue weighted by Gasteiger charge is -2.37. The van der Waals surface area contributed by atoms with Crippen LogP contribution in [0.2, 0.25) is 0 Å². The van der Waals surface area contributed by atoms with E-state index in [1.54, 1.807) is 6.92 Å². The van der Waals surface area contributed by atoms with Gasteiger partial charge in [0, 0.05) is 13.1 Å². The maximum absolute atomic E-state index is 11.6. The zero-order chi connectivity index (χ0) is 13.6. The molecule has 0 saturated carbocycles. The number of nitrogens with zero attached hydrogens (tertiary/aromatic N) is 2. The van der Waals surface area contributed by atoms with Crippen LogP contribution in [0, 0.1) is 16.7 Å². The van der Waals surface area contributed by atoms with Gasteiger partial charge in [-0.1, -0.05) is 0 Å². The Balaban J connectivity index is 2.41. The molecule has 1 heterocycles. The summed E-state index contributed by atoms with van der Waals surface area (Å²) in [6, 6.07) is 1.95. The van der Waals surface area contributed by atoms with E-state index in [0.717, 1.165) is 13.0 Å². The minimum absolute atomic E-state index is 0.153. The lowest BCUT2D eigenvalue weighted by atomic mass is 9.82. The molecule has 1 aliphatic heterocycles. The minimum atomic E-state index is -0.808. The van der Waals surface area contributed by atoms with E-state index in [0.29, 0.717) is 25.9 Å². The van der Waals surface area contributed by atoms with Crippen LogP contribution in [-0.4, -0.2) is 48.1 Å². The number of carboxylic acids is 1. The molecule has 0 aromatic heterocycles. The molecule has 1 amide bonds. The first-order chi connectivity index (χ1) is 8.48. The summed E-state index contributed by atoms with van der Waals surface area (Å²) in [5.74, 6) is -0.961. The highest BCUT2D eigenvalue weighted by molar-refractivity contribution is 5.78. The third kappa shape index (κ3) is 4.00. The van der Waals surface area contributed by atoms with Gasteiger partial charge in [-0.2, -0.15) is 5.26 Å². The van der Waals surface area contributed by atoms with Gasteiger partial charge >= 0.3 is 5.97 Å². The zero-order valence-electron chi connectivity index (χ0n) is 10.6. The maximum Gasteiger partial charge on any atom is 0.310 e. The van der Waals surface area contributed by atoms with E-state index in [9.17, 15) is 9.59 Å². The number of carbonyl (C=O) groups is 2. The van der Waals surface area contributed by atoms with Crippen molar-refractivity contribution in [2.45, 2.75) is 26.2 Å². The van der Waals surface area contributed by atoms with Crippen LogP contribution in [0.1, 0.15) is 26.2 Å². The van der Waals surface area contributed by atoms with E-state index in [2.05, 4.69) is 5.32 Å². The van der Waals surface area contributed by atoms with Crippen LogP contribution in [0.5, 0.6) is 0 Å². The molecule has 1 atom stereocenters. The fourth-order valence-corrected chi connectivity index (χ4v) is 2.17. The molecule has 6 heteroatoms. The number of nitriles is 1. The molecule has 6 nitrogen and oxygen atoms in total. The highest BCUT2D eigenvalue weighted by Crippen LogP contribution is 2.29. The summed E-state index contributed by atoms with van der Waals surface area (Å²) in [5.41, 5.74) is -0.759. The number of hydrogen-bond donors (Lipinski definition) is 2. The van der Waals surface area contributed by atoms with Crippen LogP contribution in [0.15, 0.2) is 0 Å². The number of hydrogen-bond acceptors (Lipinski definition) is 4. The quantitative estimate of drug-likeness (QED) is 0.683. The molecule has 1 saturated heterocycles. The molecule has 1 aliphatic rings. The largest absolute Gasteiger partial charge is 0.481 e. The summed E-state index contributed by atoms with van der Waals surface area (Å²) < 4.78 is 0. The monoisotopic (exact) mass is 253 g/mol. The molecule has 1 rings (SSSR count). The fourth-order valence-electron chi connectivity index (χ4n) is 2.17. The van der Waals surface area contributed by atoms with Crippen LogP contribution in [0.25, 0.3) is 0 Å². The summed E-state index contributed by atoms with van der Waals surface area (Å²) >= 11 is 0. The van der Waals surface area contributed by atoms with Crippen LogP contribution in [0.3, 0.4) is 0 Å². The molecule has 18 heavy (non-hydrogen) atoms. The number of carboxylic acid groups (broad SMARTS) is 1. The van der Waals surface area contributed by atoms with Gasteiger partial charge in [0.05, 0.1) is 24.4 Å². The van der Waals surface area contributed by atoms with Crippen LogP contribution >= 0.6 is 0 Å². The molecule has 0 aromatic rings. The standard InChI is InChI=1S/C12H19N3O3/c1-12(11(17)18)4-2-7-15(9-12)8-10(16)14-6-3-5-13/h2-4,6-9H2,1H3,(H,14,16)(H,17,18). The predicted molar refractivity (Wildman–Crippen MR) is 64.7 cm³/mol. The van der Waals surface area contributed by atoms with E-state index in [1.165, 1.54) is 0 Å². The van der Waals surface area contributed by atoms with E-state index in [1.807, 2.05) is 11.0 Å². The number of likely N-dealkylation sites (tertiary alicyclic amines) is 1. The lowest BCUT2D eigenvalue weighted by molar-refractivity contribution is -0.151. The second-order valence-corrected chi connectivity index (χ2v) is 4.94. The highest BCUT2D eigenvalue weighted by Gasteiger charge is 2.38. The number of aliphatic carboxylic acids is 1. The van der Waals surface area contributed by atoms with Crippen LogP contribution in [-0.2, 0) is 9.59 Å². The van der Waals surface area contributed by atoms with Crippen molar-refractivity contribution in [2.24, 2.45) is 5.41 Å². The van der Waals surface area contributed by atoms with Crippen molar-refractivity contribution in [1.82, 2.24) is 10.2 Å². The van der Waals surface area contributed by atoms with E-state index < -0.39 is 11.4 Å². The van der Waals surface area contributed by atoms with Gasteiger partial charge in [0.25, 0.3) is 0 Å². The van der Waals surface area contributed by atoms with Gasteiger partial charge in [-0.05, 0) is 26.3 Å². The normalized spacial score (nSPS) is 24.2. The SMILES string of the molecule is CC1(C(=O)O)CCCN(CC(=O)NCCC#N)C1. The Hall–Kier alpha value is -1.61. The van der Waals surface area contributed by atoms with Crippen LogP contribution in [0.4, 0.5) is 0 Å². The number of carbonyl (C=O) groups excluding carboxylic acids is 1. The van der Waals surface area contributed by atoms with Gasteiger partial charge in [0.1, 0.15) is 0 Å². The van der Waals surface area contributed by atoms with Crippen molar-refractivity contribution < 1.29 is 14.7 Å². The number of rotatable bonds is 5. The maximum atomic E-state index is 11.6. The van der Waals surface area contributed by atoms with Crippen molar-refractivity contribution >= 4 is 11.9 Å².